The van der Waals surface area contributed by atoms with Crippen molar-refractivity contribution in [3.05, 3.63) is 36.1 Å². The molecule has 0 aliphatic carbocycles. The van der Waals surface area contributed by atoms with Crippen LogP contribution in [0.15, 0.2) is 36.1 Å². The van der Waals surface area contributed by atoms with E-state index in [2.05, 4.69) is 96.4 Å². The van der Waals surface area contributed by atoms with Crippen molar-refractivity contribution < 1.29 is 0 Å². The van der Waals surface area contributed by atoms with E-state index >= 15 is 0 Å². The van der Waals surface area contributed by atoms with E-state index in [1.54, 1.807) is 11.7 Å². The van der Waals surface area contributed by atoms with Crippen LogP contribution in [0.2, 0.25) is 0 Å². The summed E-state index contributed by atoms with van der Waals surface area (Å²) in [5, 5.41) is 11.3. The van der Waals surface area contributed by atoms with Gasteiger partial charge in [-0.1, -0.05) is 74.2 Å². The molecule has 0 saturated carbocycles. The number of H-pyrrole nitrogens is 1. The first kappa shape index (κ1) is 33.8. The Kier molecular flexibility index (Phi) is 36.2. The fraction of sp³-hybridized carbons (Fsp3) is 0.684. The Morgan fingerprint density at radius 2 is 1.29 bits per heavy atom. The summed E-state index contributed by atoms with van der Waals surface area (Å²) in [6.45, 7) is 19.5. The van der Waals surface area contributed by atoms with Gasteiger partial charge in [0, 0.05) is 5.38 Å². The van der Waals surface area contributed by atoms with Gasteiger partial charge in [-0.25, -0.2) is 9.97 Å². The summed E-state index contributed by atoms with van der Waals surface area (Å²) in [6.07, 6.45) is 6.13. The van der Waals surface area contributed by atoms with E-state index < -0.39 is 0 Å². The second-order valence-electron chi connectivity index (χ2n) is 7.02. The first-order valence-corrected chi connectivity index (χ1v) is 10.6. The number of hydrogen-bond acceptors (Lipinski definition) is 8. The third-order valence-electron chi connectivity index (χ3n) is 0.897. The largest absolute Gasteiger partial charge is 0.266 e. The molecule has 0 aromatic carbocycles. The lowest BCUT2D eigenvalue weighted by molar-refractivity contribution is 0.736. The highest BCUT2D eigenvalue weighted by atomic mass is 32.1. The van der Waals surface area contributed by atoms with Gasteiger partial charge in [-0.05, 0) is 40.8 Å². The Balaban J connectivity index is -0.000000123. The average Bonchev–Trinajstić information content (AvgIpc) is 3.31. The zero-order chi connectivity index (χ0) is 21.3. The summed E-state index contributed by atoms with van der Waals surface area (Å²) in [5.41, 5.74) is 1.68. The van der Waals surface area contributed by atoms with E-state index in [9.17, 15) is 0 Å². The van der Waals surface area contributed by atoms with Crippen molar-refractivity contribution in [2.45, 2.75) is 69.7 Å². The molecule has 0 unspecified atom stereocenters. The summed E-state index contributed by atoms with van der Waals surface area (Å²) in [6, 6.07) is 0. The number of aromatic nitrogens is 7. The van der Waals surface area contributed by atoms with Crippen LogP contribution in [0.3, 0.4) is 0 Å². The first-order valence-electron chi connectivity index (χ1n) is 8.89. The molecular weight excluding hydrogens is 390 g/mol. The molecule has 0 aliphatic rings. The number of rotatable bonds is 0. The van der Waals surface area contributed by atoms with Crippen LogP contribution in [-0.2, 0) is 0 Å². The molecular formula is C19H41N7S2. The van der Waals surface area contributed by atoms with Gasteiger partial charge in [0.2, 0.25) is 0 Å². The number of nitrogens with one attached hydrogen (secondary N) is 1. The van der Waals surface area contributed by atoms with E-state index in [1.807, 2.05) is 5.38 Å². The Hall–Kier alpha value is -1.74. The molecule has 28 heavy (non-hydrogen) atoms. The SMILES string of the molecule is C.CC(C)C.CC(C)C.CC(C)C.c1csnn1.c1nc[nH]n1.c1ncsn1. The third-order valence-corrected chi connectivity index (χ3v) is 1.76. The fourth-order valence-corrected chi connectivity index (χ4v) is 0.983. The quantitative estimate of drug-likeness (QED) is 0.436. The molecule has 7 nitrogen and oxygen atoms in total. The summed E-state index contributed by atoms with van der Waals surface area (Å²) < 4.78 is 7.17. The highest BCUT2D eigenvalue weighted by Gasteiger charge is 1.69. The molecule has 0 fully saturated rings. The predicted octanol–water partition coefficient (Wildman–Crippen LogP) is 6.50. The fourth-order valence-electron chi connectivity index (χ4n) is 0.439. The molecule has 164 valence electrons. The minimum absolute atomic E-state index is 0. The third kappa shape index (κ3) is 74.6. The van der Waals surface area contributed by atoms with E-state index in [-0.39, 0.29) is 7.43 Å². The van der Waals surface area contributed by atoms with Crippen LogP contribution in [0.4, 0.5) is 0 Å². The maximum atomic E-state index is 3.65. The van der Waals surface area contributed by atoms with Crippen molar-refractivity contribution >= 4 is 23.1 Å². The van der Waals surface area contributed by atoms with Gasteiger partial charge in [-0.15, -0.1) is 5.10 Å². The first-order chi connectivity index (χ1) is 12.7. The summed E-state index contributed by atoms with van der Waals surface area (Å²) in [5.74, 6) is 2.50. The average molecular weight is 432 g/mol. The van der Waals surface area contributed by atoms with Gasteiger partial charge in [0.15, 0.2) is 0 Å². The van der Waals surface area contributed by atoms with Gasteiger partial charge in [-0.3, -0.25) is 5.10 Å². The predicted molar refractivity (Wildman–Crippen MR) is 124 cm³/mol. The minimum atomic E-state index is 0. The van der Waals surface area contributed by atoms with Gasteiger partial charge >= 0.3 is 0 Å². The number of hydrogen-bond donors (Lipinski definition) is 1. The maximum absolute atomic E-state index is 3.65. The summed E-state index contributed by atoms with van der Waals surface area (Å²) in [4.78, 5) is 7.19. The Labute approximate surface area is 180 Å². The molecule has 0 aliphatic heterocycles. The molecule has 9 heteroatoms. The maximum Gasteiger partial charge on any atom is 0.137 e. The Morgan fingerprint density at radius 3 is 1.39 bits per heavy atom. The molecule has 0 bridgehead atoms. The molecule has 1 N–H and O–H groups in total. The monoisotopic (exact) mass is 431 g/mol. The number of nitrogens with zero attached hydrogens (tertiary/aromatic N) is 6. The molecule has 3 heterocycles. The van der Waals surface area contributed by atoms with Crippen LogP contribution in [0, 0.1) is 17.8 Å². The van der Waals surface area contributed by atoms with Crippen molar-refractivity contribution in [3.8, 4) is 0 Å². The molecule has 0 saturated heterocycles. The standard InChI is InChI=1S/3C4H10.C2H3N3.2C2H2N2S.CH4/c3*1-4(2)3;2*1-3-2-5-4-1;1-2-5-4-3-1;/h3*4H,1-3H3;1-2H,(H,3,4,5);2*1-2H;1H4. The molecule has 0 atom stereocenters. The topological polar surface area (TPSA) is 93.1 Å². The highest BCUT2D eigenvalue weighted by molar-refractivity contribution is 7.03. The Morgan fingerprint density at radius 1 is 0.750 bits per heavy atom. The van der Waals surface area contributed by atoms with Gasteiger partial charge in [-0.2, -0.15) is 9.47 Å². The number of aromatic amines is 1. The van der Waals surface area contributed by atoms with Crippen molar-refractivity contribution in [3.63, 3.8) is 0 Å². The van der Waals surface area contributed by atoms with Crippen molar-refractivity contribution in [1.82, 2.24) is 34.1 Å². The van der Waals surface area contributed by atoms with Crippen molar-refractivity contribution in [2.75, 3.05) is 0 Å². The van der Waals surface area contributed by atoms with Crippen molar-refractivity contribution in [2.24, 2.45) is 17.8 Å². The van der Waals surface area contributed by atoms with Crippen LogP contribution >= 0.6 is 23.1 Å². The normalized spacial score (nSPS) is 8.14. The second-order valence-corrected chi connectivity index (χ2v) is 8.30. The van der Waals surface area contributed by atoms with E-state index in [0.29, 0.717) is 0 Å². The summed E-state index contributed by atoms with van der Waals surface area (Å²) in [7, 11) is 0. The summed E-state index contributed by atoms with van der Waals surface area (Å²) >= 11 is 2.70. The molecule has 3 rings (SSSR count). The van der Waals surface area contributed by atoms with Crippen LogP contribution in [-0.4, -0.2) is 34.1 Å². The van der Waals surface area contributed by atoms with Gasteiger partial charge in [0.25, 0.3) is 0 Å². The molecule has 3 aromatic rings. The lowest BCUT2D eigenvalue weighted by Crippen LogP contribution is -1.66. The van der Waals surface area contributed by atoms with Crippen LogP contribution in [0.25, 0.3) is 0 Å². The van der Waals surface area contributed by atoms with Crippen LogP contribution < -0.4 is 0 Å². The molecule has 0 amide bonds. The van der Waals surface area contributed by atoms with E-state index in [4.69, 9.17) is 0 Å². The lowest BCUT2D eigenvalue weighted by Gasteiger charge is -1.79. The second kappa shape index (κ2) is 30.0. The zero-order valence-electron chi connectivity index (χ0n) is 18.2. The van der Waals surface area contributed by atoms with Crippen LogP contribution in [0.1, 0.15) is 69.7 Å². The van der Waals surface area contributed by atoms with Crippen LogP contribution in [0.5, 0.6) is 0 Å². The smallest absolute Gasteiger partial charge is 0.137 e. The highest BCUT2D eigenvalue weighted by Crippen LogP contribution is 1.82. The van der Waals surface area contributed by atoms with Gasteiger partial charge in [0.1, 0.15) is 24.5 Å². The minimum Gasteiger partial charge on any atom is -0.266 e. The van der Waals surface area contributed by atoms with Gasteiger partial charge < -0.3 is 0 Å². The van der Waals surface area contributed by atoms with E-state index in [1.165, 1.54) is 42.0 Å². The molecule has 3 aromatic heterocycles. The molecule has 0 spiro atoms. The van der Waals surface area contributed by atoms with Gasteiger partial charge in [0.05, 0.1) is 6.20 Å². The van der Waals surface area contributed by atoms with Crippen molar-refractivity contribution in [1.29, 1.82) is 0 Å². The Bertz CT molecular complexity index is 360. The molecule has 0 radical (unpaired) electrons. The lowest BCUT2D eigenvalue weighted by atomic mass is 10.3. The van der Waals surface area contributed by atoms with E-state index in [0.717, 1.165) is 17.8 Å². The zero-order valence-corrected chi connectivity index (χ0v) is 19.8.